The van der Waals surface area contributed by atoms with Gasteiger partial charge in [-0.3, -0.25) is 4.79 Å². The van der Waals surface area contributed by atoms with Crippen LogP contribution in [0.4, 0.5) is 0 Å². The van der Waals surface area contributed by atoms with E-state index in [4.69, 9.17) is 18.6 Å². The van der Waals surface area contributed by atoms with E-state index in [9.17, 15) is 4.79 Å². The molecule has 0 aliphatic carbocycles. The molecule has 5 rings (SSSR count). The molecule has 0 atom stereocenters. The smallest absolute Gasteiger partial charge is 0.235 e. The minimum absolute atomic E-state index is 0.149. The van der Waals surface area contributed by atoms with E-state index >= 15 is 0 Å². The van der Waals surface area contributed by atoms with Crippen LogP contribution in [0.2, 0.25) is 0 Å². The van der Waals surface area contributed by atoms with Crippen LogP contribution in [0.1, 0.15) is 29.9 Å². The van der Waals surface area contributed by atoms with Crippen molar-refractivity contribution in [3.8, 4) is 28.6 Å². The second kappa shape index (κ2) is 7.36. The van der Waals surface area contributed by atoms with Crippen molar-refractivity contribution >= 4 is 11.0 Å². The van der Waals surface area contributed by atoms with Crippen LogP contribution in [0.5, 0.6) is 17.2 Å². The first-order chi connectivity index (χ1) is 14.5. The fraction of sp³-hybridized carbons (Fsp3) is 0.375. The Bertz CT molecular complexity index is 1170. The Kier molecular flexibility index (Phi) is 4.66. The van der Waals surface area contributed by atoms with Crippen LogP contribution in [0.25, 0.3) is 22.3 Å². The number of methoxy groups -OCH3 is 1. The zero-order valence-electron chi connectivity index (χ0n) is 17.5. The second-order valence-corrected chi connectivity index (χ2v) is 8.17. The molecule has 6 heteroatoms. The highest BCUT2D eigenvalue weighted by Crippen LogP contribution is 2.41. The molecule has 156 valence electrons. The number of rotatable bonds is 3. The van der Waals surface area contributed by atoms with Gasteiger partial charge in [0.05, 0.1) is 12.5 Å². The molecule has 1 saturated heterocycles. The lowest BCUT2D eigenvalue weighted by Gasteiger charge is -2.29. The summed E-state index contributed by atoms with van der Waals surface area (Å²) >= 11 is 0. The third-order valence-electron chi connectivity index (χ3n) is 6.12. The van der Waals surface area contributed by atoms with E-state index in [0.717, 1.165) is 42.6 Å². The molecule has 3 heterocycles. The van der Waals surface area contributed by atoms with Crippen LogP contribution in [0.3, 0.4) is 0 Å². The number of nitrogens with zero attached hydrogens (tertiary/aromatic N) is 1. The van der Waals surface area contributed by atoms with Crippen LogP contribution < -0.4 is 19.6 Å². The van der Waals surface area contributed by atoms with Gasteiger partial charge in [-0.2, -0.15) is 0 Å². The largest absolute Gasteiger partial charge is 0.490 e. The Hall–Kier alpha value is -2.99. The zero-order valence-corrected chi connectivity index (χ0v) is 17.5. The minimum Gasteiger partial charge on any atom is -0.490 e. The van der Waals surface area contributed by atoms with Crippen molar-refractivity contribution in [2.45, 2.75) is 25.7 Å². The topological polar surface area (TPSA) is 61.1 Å². The van der Waals surface area contributed by atoms with Crippen molar-refractivity contribution in [2.75, 3.05) is 34.0 Å². The normalized spacial score (nSPS) is 16.9. The van der Waals surface area contributed by atoms with Crippen molar-refractivity contribution in [3.05, 3.63) is 51.7 Å². The van der Waals surface area contributed by atoms with Crippen molar-refractivity contribution in [2.24, 2.45) is 0 Å². The monoisotopic (exact) mass is 407 g/mol. The van der Waals surface area contributed by atoms with E-state index in [0.29, 0.717) is 34.1 Å². The Labute approximate surface area is 175 Å². The van der Waals surface area contributed by atoms with Crippen LogP contribution in [0, 0.1) is 6.92 Å². The number of fused-ring (bicyclic) bond motifs is 2. The predicted molar refractivity (Wildman–Crippen MR) is 115 cm³/mol. The van der Waals surface area contributed by atoms with Gasteiger partial charge in [-0.05, 0) is 81.2 Å². The third kappa shape index (κ3) is 3.12. The highest BCUT2D eigenvalue weighted by Gasteiger charge is 2.26. The average molecular weight is 407 g/mol. The SMILES string of the molecule is COc1c(-c2ccc3c(c2)OCO3)oc2c(C3CCN(C)CC3)cc(C)cc2c1=O. The van der Waals surface area contributed by atoms with Crippen LogP contribution >= 0.6 is 0 Å². The summed E-state index contributed by atoms with van der Waals surface area (Å²) in [7, 11) is 3.65. The molecule has 0 radical (unpaired) electrons. The fourth-order valence-corrected chi connectivity index (χ4v) is 4.49. The fourth-order valence-electron chi connectivity index (χ4n) is 4.49. The summed E-state index contributed by atoms with van der Waals surface area (Å²) in [6.07, 6.45) is 2.09. The molecule has 1 fully saturated rings. The quantitative estimate of drug-likeness (QED) is 0.645. The molecule has 2 aromatic carbocycles. The van der Waals surface area contributed by atoms with Gasteiger partial charge in [-0.1, -0.05) is 6.07 Å². The molecule has 0 bridgehead atoms. The maximum Gasteiger partial charge on any atom is 0.235 e. The lowest BCUT2D eigenvalue weighted by Crippen LogP contribution is -2.29. The van der Waals surface area contributed by atoms with Gasteiger partial charge in [0.1, 0.15) is 5.58 Å². The summed E-state index contributed by atoms with van der Waals surface area (Å²) in [5, 5.41) is 0.574. The van der Waals surface area contributed by atoms with E-state index in [1.165, 1.54) is 7.11 Å². The number of likely N-dealkylation sites (tertiary alicyclic amines) is 1. The van der Waals surface area contributed by atoms with Gasteiger partial charge in [-0.25, -0.2) is 0 Å². The summed E-state index contributed by atoms with van der Waals surface area (Å²) in [4.78, 5) is 15.7. The Morgan fingerprint density at radius 2 is 1.83 bits per heavy atom. The van der Waals surface area contributed by atoms with Gasteiger partial charge < -0.3 is 23.5 Å². The minimum atomic E-state index is -0.149. The summed E-state index contributed by atoms with van der Waals surface area (Å²) in [6.45, 7) is 4.29. The molecule has 0 amide bonds. The lowest BCUT2D eigenvalue weighted by atomic mass is 9.87. The molecule has 0 unspecified atom stereocenters. The van der Waals surface area contributed by atoms with Gasteiger partial charge in [0.2, 0.25) is 18.0 Å². The van der Waals surface area contributed by atoms with Crippen LogP contribution in [0.15, 0.2) is 39.5 Å². The second-order valence-electron chi connectivity index (χ2n) is 8.17. The number of benzene rings is 2. The lowest BCUT2D eigenvalue weighted by molar-refractivity contribution is 0.174. The summed E-state index contributed by atoms with van der Waals surface area (Å²) < 4.78 is 22.9. The van der Waals surface area contributed by atoms with E-state index in [2.05, 4.69) is 18.0 Å². The molecule has 0 saturated carbocycles. The number of hydrogen-bond acceptors (Lipinski definition) is 6. The molecule has 0 spiro atoms. The first-order valence-electron chi connectivity index (χ1n) is 10.3. The molecule has 2 aliphatic heterocycles. The third-order valence-corrected chi connectivity index (χ3v) is 6.12. The molecule has 6 nitrogen and oxygen atoms in total. The van der Waals surface area contributed by atoms with Gasteiger partial charge in [0.15, 0.2) is 17.3 Å². The molecule has 1 aromatic heterocycles. The molecular weight excluding hydrogens is 382 g/mol. The van der Waals surface area contributed by atoms with Gasteiger partial charge in [0, 0.05) is 5.56 Å². The van der Waals surface area contributed by atoms with Gasteiger partial charge in [-0.15, -0.1) is 0 Å². The van der Waals surface area contributed by atoms with Crippen LogP contribution in [-0.4, -0.2) is 38.9 Å². The predicted octanol–water partition coefficient (Wildman–Crippen LogP) is 4.31. The Morgan fingerprint density at radius 1 is 1.07 bits per heavy atom. The first kappa shape index (κ1) is 19.0. The van der Waals surface area contributed by atoms with E-state index in [1.54, 1.807) is 0 Å². The number of aryl methyl sites for hydroxylation is 1. The van der Waals surface area contributed by atoms with E-state index in [-0.39, 0.29) is 18.0 Å². The van der Waals surface area contributed by atoms with Crippen molar-refractivity contribution in [1.29, 1.82) is 0 Å². The molecule has 2 aliphatic rings. The summed E-state index contributed by atoms with van der Waals surface area (Å²) in [5.74, 6) is 2.32. The maximum atomic E-state index is 13.4. The Balaban J connectivity index is 1.73. The number of piperidine rings is 1. The molecule has 30 heavy (non-hydrogen) atoms. The standard InChI is InChI=1S/C24H25NO5/c1-14-10-17(15-6-8-25(2)9-7-15)23-18(11-14)21(26)24(27-3)22(30-23)16-4-5-19-20(12-16)29-13-28-19/h4-5,10-12,15H,6-9,13H2,1-3H3. The molecule has 0 N–H and O–H groups in total. The number of ether oxygens (including phenoxy) is 3. The highest BCUT2D eigenvalue weighted by atomic mass is 16.7. The van der Waals surface area contributed by atoms with Crippen molar-refractivity contribution in [3.63, 3.8) is 0 Å². The summed E-state index contributed by atoms with van der Waals surface area (Å²) in [5.41, 5.74) is 3.41. The van der Waals surface area contributed by atoms with Crippen molar-refractivity contribution < 1.29 is 18.6 Å². The highest BCUT2D eigenvalue weighted by molar-refractivity contribution is 5.86. The van der Waals surface area contributed by atoms with Gasteiger partial charge >= 0.3 is 0 Å². The van der Waals surface area contributed by atoms with Crippen molar-refractivity contribution in [1.82, 2.24) is 4.90 Å². The van der Waals surface area contributed by atoms with Crippen LogP contribution in [-0.2, 0) is 0 Å². The Morgan fingerprint density at radius 3 is 2.60 bits per heavy atom. The van der Waals surface area contributed by atoms with E-state index in [1.807, 2.05) is 31.2 Å². The first-order valence-corrected chi connectivity index (χ1v) is 10.3. The molecular formula is C24H25NO5. The zero-order chi connectivity index (χ0) is 20.8. The summed E-state index contributed by atoms with van der Waals surface area (Å²) in [6, 6.07) is 9.58. The molecule has 3 aromatic rings. The van der Waals surface area contributed by atoms with E-state index < -0.39 is 0 Å². The average Bonchev–Trinajstić information content (AvgIpc) is 3.22. The van der Waals surface area contributed by atoms with Gasteiger partial charge in [0.25, 0.3) is 0 Å². The maximum absolute atomic E-state index is 13.4. The number of hydrogen-bond donors (Lipinski definition) is 0.